The number of halogens is 3. The predicted molar refractivity (Wildman–Crippen MR) is 99.4 cm³/mol. The second-order valence-corrected chi connectivity index (χ2v) is 7.02. The van der Waals surface area contributed by atoms with E-state index in [0.717, 1.165) is 11.3 Å². The zero-order chi connectivity index (χ0) is 21.2. The van der Waals surface area contributed by atoms with Crippen LogP contribution in [0.25, 0.3) is 10.9 Å². The Bertz CT molecular complexity index is 949. The number of hydrogen-bond donors (Lipinski definition) is 3. The molecule has 0 unspecified atom stereocenters. The van der Waals surface area contributed by atoms with Crippen molar-refractivity contribution >= 4 is 22.8 Å². The van der Waals surface area contributed by atoms with Crippen molar-refractivity contribution < 1.29 is 32.6 Å². The van der Waals surface area contributed by atoms with Crippen molar-refractivity contribution in [2.75, 3.05) is 6.54 Å². The largest absolute Gasteiger partial charge is 0.573 e. The van der Waals surface area contributed by atoms with E-state index >= 15 is 0 Å². The van der Waals surface area contributed by atoms with Crippen LogP contribution in [-0.2, 0) is 16.0 Å². The molecule has 1 aromatic heterocycles. The number of carboxylic acid groups (broad SMARTS) is 1. The molecule has 1 amide bonds. The Morgan fingerprint density at radius 1 is 1.24 bits per heavy atom. The molecule has 3 N–H and O–H groups in total. The molecule has 2 atom stereocenters. The summed E-state index contributed by atoms with van der Waals surface area (Å²) in [7, 11) is 0. The molecule has 0 bridgehead atoms. The van der Waals surface area contributed by atoms with Gasteiger partial charge in [-0.15, -0.1) is 13.2 Å². The molecule has 6 nitrogen and oxygen atoms in total. The van der Waals surface area contributed by atoms with E-state index in [4.69, 9.17) is 0 Å². The van der Waals surface area contributed by atoms with Gasteiger partial charge in [-0.3, -0.25) is 9.59 Å². The summed E-state index contributed by atoms with van der Waals surface area (Å²) in [5.41, 5.74) is 2.22. The van der Waals surface area contributed by atoms with Gasteiger partial charge in [0.25, 0.3) is 0 Å². The molecule has 1 aromatic carbocycles. The number of alkyl halides is 3. The van der Waals surface area contributed by atoms with Crippen LogP contribution >= 0.6 is 0 Å². The van der Waals surface area contributed by atoms with Crippen LogP contribution < -0.4 is 10.1 Å². The van der Waals surface area contributed by atoms with Crippen molar-refractivity contribution in [1.82, 2.24) is 10.3 Å². The number of aliphatic carboxylic acids is 1. The summed E-state index contributed by atoms with van der Waals surface area (Å²) in [5.74, 6) is -3.03. The molecule has 0 saturated heterocycles. The third kappa shape index (κ3) is 4.90. The maximum absolute atomic E-state index is 12.5. The minimum absolute atomic E-state index is 0.240. The average molecular weight is 410 g/mol. The molecule has 1 aliphatic carbocycles. The van der Waals surface area contributed by atoms with Gasteiger partial charge in [-0.2, -0.15) is 0 Å². The van der Waals surface area contributed by atoms with E-state index in [1.54, 1.807) is 19.1 Å². The van der Waals surface area contributed by atoms with Crippen LogP contribution in [0.15, 0.2) is 30.4 Å². The number of fused-ring (bicyclic) bond motifs is 1. The molecule has 0 spiro atoms. The fourth-order valence-corrected chi connectivity index (χ4v) is 3.70. The molecule has 9 heteroatoms. The maximum atomic E-state index is 12.5. The summed E-state index contributed by atoms with van der Waals surface area (Å²) in [6.45, 7) is 2.04. The van der Waals surface area contributed by atoms with E-state index in [1.165, 1.54) is 18.2 Å². The Labute approximate surface area is 164 Å². The lowest BCUT2D eigenvalue weighted by molar-refractivity contribution is -0.274. The minimum Gasteiger partial charge on any atom is -0.481 e. The summed E-state index contributed by atoms with van der Waals surface area (Å²) >= 11 is 0. The molecule has 3 rings (SSSR count). The number of aromatic nitrogens is 1. The third-order valence-corrected chi connectivity index (χ3v) is 5.09. The van der Waals surface area contributed by atoms with E-state index in [-0.39, 0.29) is 18.2 Å². The number of carbonyl (C=O) groups excluding carboxylic acids is 1. The number of benzene rings is 1. The van der Waals surface area contributed by atoms with Crippen LogP contribution in [0.2, 0.25) is 0 Å². The van der Waals surface area contributed by atoms with Crippen LogP contribution in [0.1, 0.15) is 24.1 Å². The highest BCUT2D eigenvalue weighted by molar-refractivity contribution is 5.87. The summed E-state index contributed by atoms with van der Waals surface area (Å²) in [6, 6.07) is 4.06. The molecule has 1 heterocycles. The number of amides is 1. The van der Waals surface area contributed by atoms with Crippen molar-refractivity contribution in [3.05, 3.63) is 41.6 Å². The highest BCUT2D eigenvalue weighted by Crippen LogP contribution is 2.30. The van der Waals surface area contributed by atoms with Crippen molar-refractivity contribution in [3.8, 4) is 5.75 Å². The van der Waals surface area contributed by atoms with Crippen molar-refractivity contribution in [1.29, 1.82) is 0 Å². The molecule has 0 fully saturated rings. The van der Waals surface area contributed by atoms with E-state index in [2.05, 4.69) is 15.0 Å². The van der Waals surface area contributed by atoms with Crippen LogP contribution in [0.3, 0.4) is 0 Å². The second-order valence-electron chi connectivity index (χ2n) is 7.02. The molecule has 2 aromatic rings. The van der Waals surface area contributed by atoms with E-state index in [0.29, 0.717) is 30.2 Å². The number of aromatic amines is 1. The lowest BCUT2D eigenvalue weighted by Gasteiger charge is -2.24. The summed E-state index contributed by atoms with van der Waals surface area (Å²) in [5, 5.41) is 12.6. The first-order valence-corrected chi connectivity index (χ1v) is 9.18. The van der Waals surface area contributed by atoms with E-state index in [9.17, 15) is 27.9 Å². The highest BCUT2D eigenvalue weighted by Gasteiger charge is 2.34. The van der Waals surface area contributed by atoms with Gasteiger partial charge in [0.1, 0.15) is 5.75 Å². The van der Waals surface area contributed by atoms with Crippen molar-refractivity contribution in [3.63, 3.8) is 0 Å². The molecule has 0 radical (unpaired) electrons. The second kappa shape index (κ2) is 8.18. The molecule has 0 saturated carbocycles. The number of carboxylic acids is 1. The molecule has 29 heavy (non-hydrogen) atoms. The monoisotopic (exact) mass is 410 g/mol. The van der Waals surface area contributed by atoms with E-state index < -0.39 is 24.2 Å². The minimum atomic E-state index is -4.78. The maximum Gasteiger partial charge on any atom is 0.573 e. The number of allylic oxidation sites excluding steroid dienone is 2. The lowest BCUT2D eigenvalue weighted by atomic mass is 9.82. The Hall–Kier alpha value is -2.97. The van der Waals surface area contributed by atoms with Gasteiger partial charge in [-0.05, 0) is 49.9 Å². The van der Waals surface area contributed by atoms with Gasteiger partial charge in [-0.1, -0.05) is 12.2 Å². The Balaban J connectivity index is 1.69. The average Bonchev–Trinajstić information content (AvgIpc) is 2.95. The summed E-state index contributed by atoms with van der Waals surface area (Å²) < 4.78 is 41.4. The first-order valence-electron chi connectivity index (χ1n) is 9.18. The highest BCUT2D eigenvalue weighted by atomic mass is 19.4. The first-order chi connectivity index (χ1) is 13.7. The molecular formula is C20H21F3N2O4. The quantitative estimate of drug-likeness (QED) is 0.634. The Kier molecular flexibility index (Phi) is 5.86. The fourth-order valence-electron chi connectivity index (χ4n) is 3.70. The van der Waals surface area contributed by atoms with Gasteiger partial charge in [-0.25, -0.2) is 0 Å². The number of H-pyrrole nitrogens is 1. The normalized spacial score (nSPS) is 19.3. The van der Waals surface area contributed by atoms with Crippen molar-refractivity contribution in [2.24, 2.45) is 11.8 Å². The molecule has 1 aliphatic rings. The SMILES string of the molecule is Cc1[nH]c2ccc(OC(F)(F)F)cc2c1CCNC(=O)[C@@H]1CC=CC[C@H]1C(=O)O. The van der Waals surface area contributed by atoms with E-state index in [1.807, 2.05) is 0 Å². The number of hydrogen-bond acceptors (Lipinski definition) is 3. The smallest absolute Gasteiger partial charge is 0.481 e. The lowest BCUT2D eigenvalue weighted by Crippen LogP contribution is -2.39. The molecule has 156 valence electrons. The first kappa shape index (κ1) is 20.8. The van der Waals surface area contributed by atoms with Crippen LogP contribution in [0.5, 0.6) is 5.75 Å². The van der Waals surface area contributed by atoms with Crippen LogP contribution in [-0.4, -0.2) is 34.9 Å². The van der Waals surface area contributed by atoms with Gasteiger partial charge in [0.2, 0.25) is 5.91 Å². The topological polar surface area (TPSA) is 91.4 Å². The zero-order valence-electron chi connectivity index (χ0n) is 15.7. The molecular weight excluding hydrogens is 389 g/mol. The predicted octanol–water partition coefficient (Wildman–Crippen LogP) is 3.70. The fraction of sp³-hybridized carbons (Fsp3) is 0.400. The summed E-state index contributed by atoms with van der Waals surface area (Å²) in [4.78, 5) is 26.9. The van der Waals surface area contributed by atoms with Gasteiger partial charge in [0.15, 0.2) is 0 Å². The number of aryl methyl sites for hydroxylation is 1. The van der Waals surface area contributed by atoms with Crippen LogP contribution in [0, 0.1) is 18.8 Å². The number of carbonyl (C=O) groups is 2. The van der Waals surface area contributed by atoms with Crippen molar-refractivity contribution in [2.45, 2.75) is 32.5 Å². The zero-order valence-corrected chi connectivity index (χ0v) is 15.7. The standard InChI is InChI=1S/C20H21F3N2O4/c1-11-13(16-10-12(29-20(21,22)23)6-7-17(16)25-11)8-9-24-18(26)14-4-2-3-5-15(14)19(27)28/h2-3,6-7,10,14-15,25H,4-5,8-9H2,1H3,(H,24,26)(H,27,28)/t14-,15-/m1/s1. The Morgan fingerprint density at radius 2 is 1.93 bits per heavy atom. The van der Waals surface area contributed by atoms with Gasteiger partial charge in [0, 0.05) is 23.1 Å². The van der Waals surface area contributed by atoms with Gasteiger partial charge in [0.05, 0.1) is 11.8 Å². The third-order valence-electron chi connectivity index (χ3n) is 5.09. The Morgan fingerprint density at radius 3 is 2.59 bits per heavy atom. The number of ether oxygens (including phenoxy) is 1. The van der Waals surface area contributed by atoms with Gasteiger partial charge >= 0.3 is 12.3 Å². The number of rotatable bonds is 6. The van der Waals surface area contributed by atoms with Gasteiger partial charge < -0.3 is 20.1 Å². The molecule has 0 aliphatic heterocycles. The summed E-state index contributed by atoms with van der Waals surface area (Å²) in [6.07, 6.45) is -0.145. The number of nitrogens with one attached hydrogen (secondary N) is 2. The van der Waals surface area contributed by atoms with Crippen LogP contribution in [0.4, 0.5) is 13.2 Å².